The average molecular weight is 472 g/mol. The maximum atomic E-state index is 13.3. The predicted molar refractivity (Wildman–Crippen MR) is 115 cm³/mol. The van der Waals surface area contributed by atoms with Gasteiger partial charge < -0.3 is 10.2 Å². The van der Waals surface area contributed by atoms with E-state index < -0.39 is 12.1 Å². The molecule has 2 aliphatic heterocycles. The third kappa shape index (κ3) is 3.87. The molecule has 0 aliphatic carbocycles. The molecule has 1 atom stereocenters. The van der Waals surface area contributed by atoms with Crippen LogP contribution in [0.1, 0.15) is 30.0 Å². The third-order valence-electron chi connectivity index (χ3n) is 5.39. The molecule has 0 aromatic heterocycles. The first kappa shape index (κ1) is 20.3. The van der Waals surface area contributed by atoms with Crippen molar-refractivity contribution in [2.45, 2.75) is 25.3 Å². The number of rotatable bonds is 2. The molecule has 4 rings (SSSR count). The van der Waals surface area contributed by atoms with E-state index in [0.717, 1.165) is 11.3 Å². The van der Waals surface area contributed by atoms with Gasteiger partial charge in [0.2, 0.25) is 5.91 Å². The molecule has 8 heteroatoms. The summed E-state index contributed by atoms with van der Waals surface area (Å²) in [5.41, 5.74) is 2.96. The first-order valence-corrected chi connectivity index (χ1v) is 10.3. The highest BCUT2D eigenvalue weighted by Gasteiger charge is 2.30. The summed E-state index contributed by atoms with van der Waals surface area (Å²) < 4.78 is 14.0. The number of nitrogens with one attached hydrogen (secondary N) is 1. The number of hydrogen-bond acceptors (Lipinski definition) is 3. The Morgan fingerprint density at radius 2 is 1.90 bits per heavy atom. The van der Waals surface area contributed by atoms with E-state index >= 15 is 0 Å². The van der Waals surface area contributed by atoms with Crippen LogP contribution in [0, 0.1) is 5.82 Å². The molecule has 2 aromatic rings. The third-order valence-corrected chi connectivity index (χ3v) is 6.05. The topological polar surface area (TPSA) is 69.7 Å². The van der Waals surface area contributed by atoms with Crippen LogP contribution in [0.25, 0.3) is 0 Å². The molecule has 1 unspecified atom stereocenters. The van der Waals surface area contributed by atoms with Gasteiger partial charge in [-0.25, -0.2) is 9.18 Å². The van der Waals surface area contributed by atoms with Crippen molar-refractivity contribution in [1.82, 2.24) is 4.90 Å². The minimum atomic E-state index is -0.538. The summed E-state index contributed by atoms with van der Waals surface area (Å²) in [5.74, 6) is -0.469. The van der Waals surface area contributed by atoms with Crippen LogP contribution in [0.3, 0.4) is 0 Å². The second-order valence-electron chi connectivity index (χ2n) is 7.30. The Balaban J connectivity index is 1.62. The van der Waals surface area contributed by atoms with Crippen molar-refractivity contribution in [1.29, 1.82) is 0 Å². The Bertz CT molecular complexity index is 1070. The monoisotopic (exact) mass is 471 g/mol. The molecule has 2 aromatic carbocycles. The molecule has 0 bridgehead atoms. The second-order valence-corrected chi connectivity index (χ2v) is 8.16. The summed E-state index contributed by atoms with van der Waals surface area (Å²) in [6, 6.07) is 8.45. The smallest absolute Gasteiger partial charge is 0.315 e. The molecule has 2 heterocycles. The van der Waals surface area contributed by atoms with E-state index in [2.05, 4.69) is 21.2 Å². The van der Waals surface area contributed by atoms with Crippen LogP contribution in [-0.2, 0) is 16.0 Å². The van der Waals surface area contributed by atoms with Gasteiger partial charge in [0.15, 0.2) is 5.78 Å². The summed E-state index contributed by atoms with van der Waals surface area (Å²) in [4.78, 5) is 40.1. The van der Waals surface area contributed by atoms with Crippen LogP contribution in [0.5, 0.6) is 0 Å². The number of nitrogens with zero attached hydrogens (tertiary/aromatic N) is 2. The summed E-state index contributed by atoms with van der Waals surface area (Å²) in [6.07, 6.45) is 4.01. The molecule has 0 fully saturated rings. The maximum absolute atomic E-state index is 13.3. The summed E-state index contributed by atoms with van der Waals surface area (Å²) in [7, 11) is 1.71. The summed E-state index contributed by atoms with van der Waals surface area (Å²) in [6.45, 7) is 0. The van der Waals surface area contributed by atoms with Gasteiger partial charge in [0.1, 0.15) is 5.82 Å². The van der Waals surface area contributed by atoms with Crippen LogP contribution in [0.2, 0.25) is 0 Å². The fraction of sp³-hybridized carbons (Fsp3) is 0.227. The van der Waals surface area contributed by atoms with Crippen molar-refractivity contribution in [3.05, 3.63) is 70.1 Å². The number of benzene rings is 2. The van der Waals surface area contributed by atoms with Crippen molar-refractivity contribution < 1.29 is 18.8 Å². The molecule has 154 valence electrons. The first-order valence-electron chi connectivity index (χ1n) is 9.48. The van der Waals surface area contributed by atoms with Gasteiger partial charge in [-0.05, 0) is 63.8 Å². The normalized spacial score (nSPS) is 18.4. The highest BCUT2D eigenvalue weighted by molar-refractivity contribution is 9.10. The first-order chi connectivity index (χ1) is 14.3. The molecular weight excluding hydrogens is 453 g/mol. The van der Waals surface area contributed by atoms with Gasteiger partial charge in [0.25, 0.3) is 0 Å². The van der Waals surface area contributed by atoms with E-state index in [1.807, 2.05) is 6.07 Å². The fourth-order valence-electron chi connectivity index (χ4n) is 3.73. The van der Waals surface area contributed by atoms with Crippen LogP contribution in [0.15, 0.2) is 53.1 Å². The van der Waals surface area contributed by atoms with Crippen LogP contribution < -0.4 is 10.2 Å². The number of amides is 3. The molecule has 3 amide bonds. The zero-order chi connectivity index (χ0) is 21.4. The van der Waals surface area contributed by atoms with Gasteiger partial charge >= 0.3 is 6.03 Å². The van der Waals surface area contributed by atoms with Crippen molar-refractivity contribution in [2.75, 3.05) is 17.3 Å². The molecule has 0 spiro atoms. The van der Waals surface area contributed by atoms with E-state index in [9.17, 15) is 18.8 Å². The van der Waals surface area contributed by atoms with Crippen molar-refractivity contribution >= 4 is 45.0 Å². The number of anilines is 2. The number of ketones is 1. The van der Waals surface area contributed by atoms with Gasteiger partial charge in [-0.15, -0.1) is 0 Å². The summed E-state index contributed by atoms with van der Waals surface area (Å²) in [5, 5.41) is 2.86. The molecule has 2 aliphatic rings. The standard InChI is InChI=1S/C22H19BrFN3O3/c1-26-19-12-18(17(23)10-14(19)4-7-21(26)29)25-22(30)27-9-8-16(28)11-20(27)13-2-5-15(24)6-3-13/h2-3,5-6,8-10,12,20H,4,7,11H2,1H3,(H,25,30). The number of carbonyl (C=O) groups excluding carboxylic acids is 3. The second kappa shape index (κ2) is 8.02. The predicted octanol–water partition coefficient (Wildman–Crippen LogP) is 4.56. The van der Waals surface area contributed by atoms with Gasteiger partial charge in [-0.3, -0.25) is 14.5 Å². The van der Waals surface area contributed by atoms with Crippen LogP contribution >= 0.6 is 15.9 Å². The van der Waals surface area contributed by atoms with E-state index in [0.29, 0.717) is 28.6 Å². The molecule has 0 radical (unpaired) electrons. The largest absolute Gasteiger partial charge is 0.326 e. The van der Waals surface area contributed by atoms with Crippen molar-refractivity contribution in [3.63, 3.8) is 0 Å². The number of allylic oxidation sites excluding steroid dienone is 1. The van der Waals surface area contributed by atoms with E-state index in [1.165, 1.54) is 29.3 Å². The lowest BCUT2D eigenvalue weighted by Crippen LogP contribution is -2.37. The minimum Gasteiger partial charge on any atom is -0.315 e. The average Bonchev–Trinajstić information content (AvgIpc) is 2.72. The number of halogens is 2. The Hall–Kier alpha value is -3.00. The van der Waals surface area contributed by atoms with E-state index in [4.69, 9.17) is 0 Å². The lowest BCUT2D eigenvalue weighted by molar-refractivity contribution is -0.118. The van der Waals surface area contributed by atoms with Crippen molar-refractivity contribution in [3.8, 4) is 0 Å². The van der Waals surface area contributed by atoms with Crippen LogP contribution in [0.4, 0.5) is 20.6 Å². The van der Waals surface area contributed by atoms with Gasteiger partial charge in [-0.2, -0.15) is 0 Å². The van der Waals surface area contributed by atoms with Crippen LogP contribution in [-0.4, -0.2) is 29.7 Å². The molecule has 0 saturated carbocycles. The van der Waals surface area contributed by atoms with Crippen molar-refractivity contribution in [2.24, 2.45) is 0 Å². The minimum absolute atomic E-state index is 0.0240. The zero-order valence-electron chi connectivity index (χ0n) is 16.2. The van der Waals surface area contributed by atoms with Gasteiger partial charge in [0, 0.05) is 36.2 Å². The SMILES string of the molecule is CN1C(=O)CCc2cc(Br)c(NC(=O)N3C=CC(=O)CC3c3ccc(F)cc3)cc21. The van der Waals surface area contributed by atoms with Gasteiger partial charge in [-0.1, -0.05) is 12.1 Å². The molecule has 6 nitrogen and oxygen atoms in total. The Labute approximate surface area is 181 Å². The lowest BCUT2D eigenvalue weighted by Gasteiger charge is -2.32. The Morgan fingerprint density at radius 3 is 2.63 bits per heavy atom. The number of aryl methyl sites for hydroxylation is 1. The molecule has 30 heavy (non-hydrogen) atoms. The Morgan fingerprint density at radius 1 is 1.17 bits per heavy atom. The summed E-state index contributed by atoms with van der Waals surface area (Å²) >= 11 is 3.49. The van der Waals surface area contributed by atoms with E-state index in [1.54, 1.807) is 30.1 Å². The fourth-order valence-corrected chi connectivity index (χ4v) is 4.22. The molecular formula is C22H19BrFN3O3. The zero-order valence-corrected chi connectivity index (χ0v) is 17.8. The quantitative estimate of drug-likeness (QED) is 0.697. The number of urea groups is 1. The number of carbonyl (C=O) groups is 3. The molecule has 1 N–H and O–H groups in total. The van der Waals surface area contributed by atoms with Gasteiger partial charge in [0.05, 0.1) is 11.7 Å². The number of hydrogen-bond donors (Lipinski definition) is 1. The number of fused-ring (bicyclic) bond motifs is 1. The highest BCUT2D eigenvalue weighted by atomic mass is 79.9. The van der Waals surface area contributed by atoms with E-state index in [-0.39, 0.29) is 23.9 Å². The molecule has 0 saturated heterocycles. The Kier molecular flexibility index (Phi) is 5.42. The highest BCUT2D eigenvalue weighted by Crippen LogP contribution is 2.36. The lowest BCUT2D eigenvalue weighted by atomic mass is 9.97. The maximum Gasteiger partial charge on any atom is 0.326 e.